The normalized spacial score (nSPS) is 14.9. The lowest BCUT2D eigenvalue weighted by atomic mass is 9.90. The third kappa shape index (κ3) is 3.53. The highest BCUT2D eigenvalue weighted by molar-refractivity contribution is 7.89. The average molecular weight is 281 g/mol. The fourth-order valence-electron chi connectivity index (χ4n) is 1.47. The summed E-state index contributed by atoms with van der Waals surface area (Å²) in [6.45, 7) is 5.81. The van der Waals surface area contributed by atoms with Crippen molar-refractivity contribution >= 4 is 10.0 Å². The van der Waals surface area contributed by atoms with Crippen LogP contribution in [0.5, 0.6) is 0 Å². The molecule has 0 heterocycles. The second-order valence-corrected chi connectivity index (χ2v) is 6.70. The summed E-state index contributed by atoms with van der Waals surface area (Å²) in [7, 11) is -3.64. The Morgan fingerprint density at radius 1 is 1.37 bits per heavy atom. The minimum absolute atomic E-state index is 0.0608. The summed E-state index contributed by atoms with van der Waals surface area (Å²) in [5.74, 6) is 0.0608. The van der Waals surface area contributed by atoms with Crippen molar-refractivity contribution in [3.63, 3.8) is 0 Å². The fourth-order valence-corrected chi connectivity index (χ4v) is 3.01. The lowest BCUT2D eigenvalue weighted by Crippen LogP contribution is -2.54. The maximum atomic E-state index is 12.3. The Kier molecular flexibility index (Phi) is 4.69. The van der Waals surface area contributed by atoms with Crippen LogP contribution in [0.15, 0.2) is 29.2 Å². The van der Waals surface area contributed by atoms with E-state index in [4.69, 9.17) is 11.0 Å². The number of sulfonamides is 1. The highest BCUT2D eigenvalue weighted by atomic mass is 32.2. The molecule has 19 heavy (non-hydrogen) atoms. The van der Waals surface area contributed by atoms with Crippen molar-refractivity contribution in [1.82, 2.24) is 4.72 Å². The van der Waals surface area contributed by atoms with Crippen molar-refractivity contribution in [2.24, 2.45) is 11.7 Å². The van der Waals surface area contributed by atoms with Crippen molar-refractivity contribution < 1.29 is 8.42 Å². The first kappa shape index (κ1) is 15.6. The Labute approximate surface area is 114 Å². The van der Waals surface area contributed by atoms with E-state index < -0.39 is 15.6 Å². The maximum Gasteiger partial charge on any atom is 0.241 e. The van der Waals surface area contributed by atoms with Crippen LogP contribution in [0.1, 0.15) is 26.3 Å². The molecule has 1 aromatic rings. The van der Waals surface area contributed by atoms with Crippen LogP contribution >= 0.6 is 0 Å². The minimum atomic E-state index is -3.64. The molecule has 0 radical (unpaired) electrons. The van der Waals surface area contributed by atoms with E-state index in [1.165, 1.54) is 24.3 Å². The molecule has 0 aliphatic carbocycles. The van der Waals surface area contributed by atoms with Crippen molar-refractivity contribution in [2.75, 3.05) is 6.54 Å². The number of hydrogen-bond donors (Lipinski definition) is 2. The number of nitrogens with zero attached hydrogens (tertiary/aromatic N) is 1. The van der Waals surface area contributed by atoms with Crippen molar-refractivity contribution in [3.05, 3.63) is 29.8 Å². The van der Waals surface area contributed by atoms with Crippen LogP contribution < -0.4 is 10.5 Å². The zero-order chi connectivity index (χ0) is 14.7. The Hall–Kier alpha value is -1.42. The molecule has 0 fully saturated rings. The molecule has 6 heteroatoms. The average Bonchev–Trinajstić information content (AvgIpc) is 2.38. The summed E-state index contributed by atoms with van der Waals surface area (Å²) in [6, 6.07) is 7.73. The monoisotopic (exact) mass is 281 g/mol. The Morgan fingerprint density at radius 3 is 2.26 bits per heavy atom. The van der Waals surface area contributed by atoms with Gasteiger partial charge in [0.1, 0.15) is 0 Å². The summed E-state index contributed by atoms with van der Waals surface area (Å²) in [6.07, 6.45) is 0. The number of benzene rings is 1. The molecule has 0 aliphatic rings. The van der Waals surface area contributed by atoms with Gasteiger partial charge in [-0.15, -0.1) is 0 Å². The predicted octanol–water partition coefficient (Wildman–Crippen LogP) is 1.21. The van der Waals surface area contributed by atoms with Gasteiger partial charge >= 0.3 is 0 Å². The second-order valence-electron chi connectivity index (χ2n) is 5.02. The summed E-state index contributed by atoms with van der Waals surface area (Å²) in [5, 5.41) is 8.70. The molecule has 1 aromatic carbocycles. The van der Waals surface area contributed by atoms with Gasteiger partial charge < -0.3 is 5.73 Å². The first-order chi connectivity index (χ1) is 8.75. The lowest BCUT2D eigenvalue weighted by Gasteiger charge is -2.33. The quantitative estimate of drug-likeness (QED) is 0.848. The van der Waals surface area contributed by atoms with Gasteiger partial charge in [-0.3, -0.25) is 0 Å². The molecule has 5 nitrogen and oxygen atoms in total. The standard InChI is InChI=1S/C13H19N3O2S/c1-10(2)13(3,9-15)16-19(17,18)12-6-4-11(8-14)5-7-12/h4-7,10,16H,9,15H2,1-3H3. The smallest absolute Gasteiger partial charge is 0.241 e. The molecule has 0 aliphatic heterocycles. The van der Waals surface area contributed by atoms with Crippen LogP contribution in [-0.4, -0.2) is 20.5 Å². The number of hydrogen-bond acceptors (Lipinski definition) is 4. The molecule has 0 saturated heterocycles. The minimum Gasteiger partial charge on any atom is -0.329 e. The highest BCUT2D eigenvalue weighted by Gasteiger charge is 2.32. The SMILES string of the molecule is CC(C)C(C)(CN)NS(=O)(=O)c1ccc(C#N)cc1. The Balaban J connectivity index is 3.08. The molecule has 0 saturated carbocycles. The van der Waals surface area contributed by atoms with Crippen molar-refractivity contribution in [3.8, 4) is 6.07 Å². The van der Waals surface area contributed by atoms with Gasteiger partial charge in [-0.2, -0.15) is 5.26 Å². The van der Waals surface area contributed by atoms with E-state index in [1.807, 2.05) is 19.9 Å². The van der Waals surface area contributed by atoms with E-state index >= 15 is 0 Å². The van der Waals surface area contributed by atoms with E-state index in [0.717, 1.165) is 0 Å². The maximum absolute atomic E-state index is 12.3. The molecule has 3 N–H and O–H groups in total. The van der Waals surface area contributed by atoms with Crippen molar-refractivity contribution in [2.45, 2.75) is 31.2 Å². The van der Waals surface area contributed by atoms with Gasteiger partial charge in [-0.25, -0.2) is 13.1 Å². The van der Waals surface area contributed by atoms with E-state index in [2.05, 4.69) is 4.72 Å². The molecule has 104 valence electrons. The van der Waals surface area contributed by atoms with Crippen LogP contribution in [-0.2, 0) is 10.0 Å². The highest BCUT2D eigenvalue weighted by Crippen LogP contribution is 2.19. The number of nitrogens with one attached hydrogen (secondary N) is 1. The van der Waals surface area contributed by atoms with Gasteiger partial charge in [0, 0.05) is 12.1 Å². The first-order valence-corrected chi connectivity index (χ1v) is 7.47. The molecular formula is C13H19N3O2S. The number of nitriles is 1. The van der Waals surface area contributed by atoms with Gasteiger partial charge in [0.25, 0.3) is 0 Å². The van der Waals surface area contributed by atoms with E-state index in [1.54, 1.807) is 6.92 Å². The number of rotatable bonds is 5. The molecule has 1 atom stereocenters. The van der Waals surface area contributed by atoms with Gasteiger partial charge in [0.15, 0.2) is 0 Å². The van der Waals surface area contributed by atoms with Gasteiger partial charge in [-0.1, -0.05) is 13.8 Å². The van der Waals surface area contributed by atoms with Crippen LogP contribution in [0.25, 0.3) is 0 Å². The van der Waals surface area contributed by atoms with E-state index in [0.29, 0.717) is 5.56 Å². The third-order valence-corrected chi connectivity index (χ3v) is 4.99. The topological polar surface area (TPSA) is 96.0 Å². The Morgan fingerprint density at radius 2 is 1.89 bits per heavy atom. The zero-order valence-corrected chi connectivity index (χ0v) is 12.2. The molecule has 1 unspecified atom stereocenters. The molecular weight excluding hydrogens is 262 g/mol. The molecule has 0 bridgehead atoms. The van der Waals surface area contributed by atoms with E-state index in [-0.39, 0.29) is 17.4 Å². The summed E-state index contributed by atoms with van der Waals surface area (Å²) >= 11 is 0. The first-order valence-electron chi connectivity index (χ1n) is 5.99. The number of nitrogens with two attached hydrogens (primary N) is 1. The third-order valence-electron chi connectivity index (χ3n) is 3.36. The van der Waals surface area contributed by atoms with Gasteiger partial charge in [0.05, 0.1) is 16.5 Å². The molecule has 0 aromatic heterocycles. The fraction of sp³-hybridized carbons (Fsp3) is 0.462. The van der Waals surface area contributed by atoms with Crippen LogP contribution in [0.3, 0.4) is 0 Å². The zero-order valence-electron chi connectivity index (χ0n) is 11.3. The largest absolute Gasteiger partial charge is 0.329 e. The summed E-state index contributed by atoms with van der Waals surface area (Å²) in [5.41, 5.74) is 5.39. The van der Waals surface area contributed by atoms with E-state index in [9.17, 15) is 8.42 Å². The molecule has 1 rings (SSSR count). The van der Waals surface area contributed by atoms with Gasteiger partial charge in [0.2, 0.25) is 10.0 Å². The second kappa shape index (κ2) is 5.70. The summed E-state index contributed by atoms with van der Waals surface area (Å²) < 4.78 is 27.2. The van der Waals surface area contributed by atoms with Gasteiger partial charge in [-0.05, 0) is 37.1 Å². The van der Waals surface area contributed by atoms with Crippen LogP contribution in [0.2, 0.25) is 0 Å². The van der Waals surface area contributed by atoms with Crippen molar-refractivity contribution in [1.29, 1.82) is 5.26 Å². The van der Waals surface area contributed by atoms with Crippen LogP contribution in [0.4, 0.5) is 0 Å². The molecule has 0 amide bonds. The summed E-state index contributed by atoms with van der Waals surface area (Å²) in [4.78, 5) is 0.131. The molecule has 0 spiro atoms. The predicted molar refractivity (Wildman–Crippen MR) is 73.8 cm³/mol. The van der Waals surface area contributed by atoms with Crippen LogP contribution in [0, 0.1) is 17.2 Å². The lowest BCUT2D eigenvalue weighted by molar-refractivity contribution is 0.315. The Bertz CT molecular complexity index is 573.